The third-order valence-electron chi connectivity index (χ3n) is 4.45. The minimum Gasteiger partial charge on any atom is -0.439 e. The highest BCUT2D eigenvalue weighted by Gasteiger charge is 2.24. The Morgan fingerprint density at radius 2 is 1.27 bits per heavy atom. The number of rotatable bonds is 9. The molecule has 0 saturated heterocycles. The molecule has 0 spiro atoms. The zero-order chi connectivity index (χ0) is 22.7. The van der Waals surface area contributed by atoms with Gasteiger partial charge in [-0.15, -0.1) is 0 Å². The molecule has 3 N–H and O–H groups in total. The lowest BCUT2D eigenvalue weighted by atomic mass is 10.3. The molecule has 0 aliphatic heterocycles. The Morgan fingerprint density at radius 1 is 0.758 bits per heavy atom. The van der Waals surface area contributed by atoms with E-state index in [0.717, 1.165) is 4.52 Å². The topological polar surface area (TPSA) is 151 Å². The molecule has 5 aromatic rings. The monoisotopic (exact) mass is 466 g/mol. The van der Waals surface area contributed by atoms with Crippen molar-refractivity contribution in [1.82, 2.24) is 35.3 Å². The van der Waals surface area contributed by atoms with Crippen LogP contribution in [0.15, 0.2) is 75.8 Å². The molecule has 0 aliphatic carbocycles. The van der Waals surface area contributed by atoms with Crippen LogP contribution < -0.4 is 15.6 Å². The minimum absolute atomic E-state index is 0.0220. The first-order chi connectivity index (χ1) is 16.1. The fraction of sp³-hybridized carbons (Fsp3) is 0.100. The number of nitrogens with zero attached hydrogens (tertiary/aromatic N) is 5. The highest BCUT2D eigenvalue weighted by molar-refractivity contribution is 7.90. The van der Waals surface area contributed by atoms with Gasteiger partial charge in [0.15, 0.2) is 11.2 Å². The van der Waals surface area contributed by atoms with Gasteiger partial charge in [-0.2, -0.15) is 8.42 Å². The van der Waals surface area contributed by atoms with E-state index < -0.39 is 10.2 Å². The van der Waals surface area contributed by atoms with Crippen LogP contribution in [-0.4, -0.2) is 32.9 Å². The smallest absolute Gasteiger partial charge is 0.330 e. The number of fused-ring (bicyclic) bond motifs is 2. The zero-order valence-corrected chi connectivity index (χ0v) is 17.9. The van der Waals surface area contributed by atoms with Gasteiger partial charge in [-0.3, -0.25) is 0 Å². The maximum Gasteiger partial charge on any atom is 0.330 e. The average Bonchev–Trinajstić information content (AvgIpc) is 3.42. The summed E-state index contributed by atoms with van der Waals surface area (Å²) in [6.07, 6.45) is 2.85. The molecule has 0 amide bonds. The van der Waals surface area contributed by atoms with Crippen LogP contribution >= 0.6 is 0 Å². The van der Waals surface area contributed by atoms with E-state index >= 15 is 0 Å². The lowest BCUT2D eigenvalue weighted by molar-refractivity contribution is 0.212. The summed E-state index contributed by atoms with van der Waals surface area (Å²) in [4.78, 5) is 16.5. The number of anilines is 1. The lowest BCUT2D eigenvalue weighted by Gasteiger charge is -2.22. The van der Waals surface area contributed by atoms with Gasteiger partial charge < -0.3 is 8.83 Å². The van der Waals surface area contributed by atoms with Crippen molar-refractivity contribution in [3.05, 3.63) is 78.8 Å². The van der Waals surface area contributed by atoms with Crippen molar-refractivity contribution in [2.45, 2.75) is 13.1 Å². The van der Waals surface area contributed by atoms with Crippen LogP contribution in [0.5, 0.6) is 0 Å². The quantitative estimate of drug-likeness (QED) is 0.276. The molecule has 168 valence electrons. The number of oxazole rings is 2. The van der Waals surface area contributed by atoms with Crippen LogP contribution in [0.1, 0.15) is 11.8 Å². The van der Waals surface area contributed by atoms with E-state index in [9.17, 15) is 8.42 Å². The Morgan fingerprint density at radius 3 is 1.79 bits per heavy atom. The van der Waals surface area contributed by atoms with Gasteiger partial charge in [0.05, 0.1) is 13.1 Å². The Kier molecular flexibility index (Phi) is 5.66. The minimum atomic E-state index is -4.18. The van der Waals surface area contributed by atoms with E-state index in [1.165, 1.54) is 12.4 Å². The SMILES string of the molecule is O=S(=O)(Nc1ncccn1)N(NCc1nc2ccccc2o1)NCc1nc2ccccc2o1. The number of nitrogens with one attached hydrogen (secondary N) is 3. The second-order valence-electron chi connectivity index (χ2n) is 6.76. The van der Waals surface area contributed by atoms with Crippen molar-refractivity contribution in [2.75, 3.05) is 4.72 Å². The van der Waals surface area contributed by atoms with Crippen LogP contribution in [0.4, 0.5) is 5.95 Å². The van der Waals surface area contributed by atoms with E-state index in [0.29, 0.717) is 34.0 Å². The highest BCUT2D eigenvalue weighted by Crippen LogP contribution is 2.16. The van der Waals surface area contributed by atoms with E-state index in [4.69, 9.17) is 8.83 Å². The fourth-order valence-corrected chi connectivity index (χ4v) is 3.91. The van der Waals surface area contributed by atoms with Gasteiger partial charge in [0.2, 0.25) is 17.7 Å². The molecule has 3 aromatic heterocycles. The second kappa shape index (κ2) is 8.91. The van der Waals surface area contributed by atoms with Crippen molar-refractivity contribution >= 4 is 38.4 Å². The van der Waals surface area contributed by atoms with E-state index in [1.54, 1.807) is 30.3 Å². The normalized spacial score (nSPS) is 12.0. The number of benzene rings is 2. The molecule has 3 heterocycles. The molecular formula is C20H18N8O4S. The van der Waals surface area contributed by atoms with Gasteiger partial charge in [0, 0.05) is 12.4 Å². The van der Waals surface area contributed by atoms with Crippen molar-refractivity contribution < 1.29 is 17.3 Å². The van der Waals surface area contributed by atoms with Crippen LogP contribution in [-0.2, 0) is 23.3 Å². The molecule has 0 aliphatic rings. The summed E-state index contributed by atoms with van der Waals surface area (Å²) in [5, 5.41) is 0. The maximum atomic E-state index is 13.0. The first kappa shape index (κ1) is 21.0. The van der Waals surface area contributed by atoms with Gasteiger partial charge in [0.25, 0.3) is 0 Å². The maximum absolute atomic E-state index is 13.0. The number of hydrogen-bond donors (Lipinski definition) is 3. The first-order valence-electron chi connectivity index (χ1n) is 9.83. The number of aromatic nitrogens is 4. The molecule has 0 bridgehead atoms. The van der Waals surface area contributed by atoms with E-state index in [-0.39, 0.29) is 19.0 Å². The second-order valence-corrected chi connectivity index (χ2v) is 8.28. The van der Waals surface area contributed by atoms with Gasteiger partial charge in [-0.05, 0) is 30.3 Å². The Labute approximate surface area is 187 Å². The van der Waals surface area contributed by atoms with Crippen LogP contribution in [0.2, 0.25) is 0 Å². The number of hydrogen-bond acceptors (Lipinski definition) is 10. The summed E-state index contributed by atoms with van der Waals surface area (Å²) >= 11 is 0. The average molecular weight is 466 g/mol. The number of hydrazine groups is 2. The molecule has 0 fully saturated rings. The van der Waals surface area contributed by atoms with Crippen molar-refractivity contribution in [1.29, 1.82) is 0 Å². The van der Waals surface area contributed by atoms with E-state index in [1.807, 2.05) is 24.3 Å². The number of para-hydroxylation sites is 4. The predicted molar refractivity (Wildman–Crippen MR) is 118 cm³/mol. The molecule has 2 aromatic carbocycles. The summed E-state index contributed by atoms with van der Waals surface area (Å²) in [6.45, 7) is -0.0441. The molecule has 0 radical (unpaired) electrons. The molecule has 5 rings (SSSR count). The van der Waals surface area contributed by atoms with Gasteiger partial charge >= 0.3 is 10.2 Å². The first-order valence-corrected chi connectivity index (χ1v) is 11.3. The fourth-order valence-electron chi connectivity index (χ4n) is 3.01. The van der Waals surface area contributed by atoms with Gasteiger partial charge in [-0.25, -0.2) is 35.5 Å². The zero-order valence-electron chi connectivity index (χ0n) is 17.0. The summed E-state index contributed by atoms with van der Waals surface area (Å²) in [5.41, 5.74) is 8.03. The molecule has 0 saturated carbocycles. The van der Waals surface area contributed by atoms with Gasteiger partial charge in [-0.1, -0.05) is 28.8 Å². The Hall–Kier alpha value is -3.91. The summed E-state index contributed by atoms with van der Waals surface area (Å²) in [5.74, 6) is 0.516. The van der Waals surface area contributed by atoms with Crippen molar-refractivity contribution in [3.8, 4) is 0 Å². The molecule has 0 atom stereocenters. The largest absolute Gasteiger partial charge is 0.439 e. The van der Waals surface area contributed by atoms with E-state index in [2.05, 4.69) is 35.5 Å². The van der Waals surface area contributed by atoms with Gasteiger partial charge in [0.1, 0.15) is 11.0 Å². The third-order valence-corrected chi connectivity index (χ3v) is 5.63. The molecule has 12 nitrogen and oxygen atoms in total. The Balaban J connectivity index is 1.35. The molecule has 0 unspecified atom stereocenters. The summed E-state index contributed by atoms with van der Waals surface area (Å²) in [7, 11) is -4.18. The predicted octanol–water partition coefficient (Wildman–Crippen LogP) is 2.13. The summed E-state index contributed by atoms with van der Waals surface area (Å²) < 4.78 is 40.4. The summed E-state index contributed by atoms with van der Waals surface area (Å²) in [6, 6.07) is 16.1. The standard InChI is InChI=1S/C20H18N8O4S/c29-33(30,27-20-21-10-5-11-22-20)28(23-12-18-25-14-6-1-3-8-16(14)31-18)24-13-19-26-15-7-2-4-9-17(15)32-19/h1-11,23-24H,12-13H2,(H,21,22,27). The molecule has 13 heteroatoms. The van der Waals surface area contributed by atoms with Crippen molar-refractivity contribution in [2.24, 2.45) is 0 Å². The van der Waals surface area contributed by atoms with Crippen LogP contribution in [0.3, 0.4) is 0 Å². The molecular weight excluding hydrogens is 448 g/mol. The highest BCUT2D eigenvalue weighted by atomic mass is 32.2. The van der Waals surface area contributed by atoms with Crippen LogP contribution in [0.25, 0.3) is 22.2 Å². The lowest BCUT2D eigenvalue weighted by Crippen LogP contribution is -2.53. The third kappa shape index (κ3) is 4.80. The van der Waals surface area contributed by atoms with Crippen LogP contribution in [0, 0.1) is 0 Å². The Bertz CT molecular complexity index is 1340. The molecule has 33 heavy (non-hydrogen) atoms. The van der Waals surface area contributed by atoms with Crippen molar-refractivity contribution in [3.63, 3.8) is 0 Å².